The fourth-order valence-electron chi connectivity index (χ4n) is 9.32. The number of carbonyl (C=O) groups is 1. The summed E-state index contributed by atoms with van der Waals surface area (Å²) in [5.74, 6) is -0.193. The first-order chi connectivity index (χ1) is 36.0. The SMILES string of the molecule is CC/C=C\C/C=C\C/C=C\C/C=C\CCCCCCCCCCCCCCCCCCCCCCCCCCC(=O)NC(COP(=O)([O-])OCC[N+](C)(C)C)C(O)/C=C/CCCCCCCCCCCCCCC. The number of amides is 1. The van der Waals surface area contributed by atoms with E-state index >= 15 is 0 Å². The van der Waals surface area contributed by atoms with Crippen molar-refractivity contribution in [1.29, 1.82) is 0 Å². The van der Waals surface area contributed by atoms with Gasteiger partial charge >= 0.3 is 0 Å². The molecule has 8 nitrogen and oxygen atoms in total. The van der Waals surface area contributed by atoms with Crippen molar-refractivity contribution in [3.63, 3.8) is 0 Å². The molecule has 3 atom stereocenters. The summed E-state index contributed by atoms with van der Waals surface area (Å²) in [6.45, 7) is 4.56. The first-order valence-corrected chi connectivity index (χ1v) is 33.1. The summed E-state index contributed by atoms with van der Waals surface area (Å²) in [6, 6.07) is -0.885. The van der Waals surface area contributed by atoms with Gasteiger partial charge in [-0.05, 0) is 57.8 Å². The molecule has 0 fully saturated rings. The van der Waals surface area contributed by atoms with Gasteiger partial charge in [-0.15, -0.1) is 0 Å². The van der Waals surface area contributed by atoms with Gasteiger partial charge in [-0.3, -0.25) is 9.36 Å². The summed E-state index contributed by atoms with van der Waals surface area (Å²) >= 11 is 0. The maximum absolute atomic E-state index is 13.0. The number of hydrogen-bond donors (Lipinski definition) is 2. The van der Waals surface area contributed by atoms with Gasteiger partial charge in [0.25, 0.3) is 7.82 Å². The molecule has 0 saturated carbocycles. The number of phosphoric ester groups is 1. The third-order valence-electron chi connectivity index (χ3n) is 14.2. The van der Waals surface area contributed by atoms with Crippen molar-refractivity contribution in [2.45, 2.75) is 309 Å². The summed E-state index contributed by atoms with van der Waals surface area (Å²) in [4.78, 5) is 25.5. The molecule has 0 spiro atoms. The third kappa shape index (κ3) is 57.9. The van der Waals surface area contributed by atoms with Crippen LogP contribution in [-0.2, 0) is 18.4 Å². The Kier molecular flexibility index (Phi) is 54.6. The number of likely N-dealkylation sites (N-methyl/N-ethyl adjacent to an activating group) is 1. The lowest BCUT2D eigenvalue weighted by molar-refractivity contribution is -0.870. The molecular formula is C65H123N2O6P. The third-order valence-corrected chi connectivity index (χ3v) is 15.2. The minimum absolute atomic E-state index is 0.0000807. The van der Waals surface area contributed by atoms with Gasteiger partial charge in [-0.2, -0.15) is 0 Å². The molecule has 3 unspecified atom stereocenters. The summed E-state index contributed by atoms with van der Waals surface area (Å²) < 4.78 is 23.4. The number of unbranched alkanes of at least 4 members (excludes halogenated alkanes) is 37. The summed E-state index contributed by atoms with van der Waals surface area (Å²) in [5.41, 5.74) is 0. The van der Waals surface area contributed by atoms with Crippen LogP contribution >= 0.6 is 7.82 Å². The average Bonchev–Trinajstić information content (AvgIpc) is 3.36. The number of nitrogens with one attached hydrogen (secondary N) is 1. The van der Waals surface area contributed by atoms with Gasteiger partial charge in [-0.1, -0.05) is 293 Å². The van der Waals surface area contributed by atoms with Crippen LogP contribution in [-0.4, -0.2) is 68.5 Å². The van der Waals surface area contributed by atoms with E-state index in [0.29, 0.717) is 17.4 Å². The zero-order valence-electron chi connectivity index (χ0n) is 49.5. The van der Waals surface area contributed by atoms with E-state index in [1.165, 1.54) is 212 Å². The molecule has 0 heterocycles. The second kappa shape index (κ2) is 55.9. The largest absolute Gasteiger partial charge is 0.756 e. The van der Waals surface area contributed by atoms with Gasteiger partial charge in [-0.25, -0.2) is 0 Å². The lowest BCUT2D eigenvalue weighted by Crippen LogP contribution is -2.45. The Morgan fingerprint density at radius 2 is 0.824 bits per heavy atom. The fraction of sp³-hybridized carbons (Fsp3) is 0.831. The highest BCUT2D eigenvalue weighted by Gasteiger charge is 2.23. The van der Waals surface area contributed by atoms with Crippen LogP contribution in [0.25, 0.3) is 0 Å². The lowest BCUT2D eigenvalue weighted by Gasteiger charge is -2.29. The Bertz CT molecular complexity index is 1390. The van der Waals surface area contributed by atoms with E-state index in [2.05, 4.69) is 67.8 Å². The number of aliphatic hydroxyl groups excluding tert-OH is 1. The van der Waals surface area contributed by atoms with Crippen molar-refractivity contribution in [1.82, 2.24) is 5.32 Å². The van der Waals surface area contributed by atoms with Crippen molar-refractivity contribution in [2.24, 2.45) is 0 Å². The first-order valence-electron chi connectivity index (χ1n) is 31.7. The number of carbonyl (C=O) groups excluding carboxylic acids is 1. The number of allylic oxidation sites excluding steroid dienone is 9. The minimum atomic E-state index is -4.60. The van der Waals surface area contributed by atoms with Gasteiger partial charge in [0.2, 0.25) is 5.91 Å². The van der Waals surface area contributed by atoms with Gasteiger partial charge < -0.3 is 28.8 Å². The second-order valence-corrected chi connectivity index (χ2v) is 24.1. The molecule has 434 valence electrons. The molecule has 0 aromatic rings. The number of aliphatic hydroxyl groups is 1. The highest BCUT2D eigenvalue weighted by Crippen LogP contribution is 2.38. The molecule has 2 N–H and O–H groups in total. The highest BCUT2D eigenvalue weighted by molar-refractivity contribution is 7.45. The molecule has 0 rings (SSSR count). The van der Waals surface area contributed by atoms with Gasteiger partial charge in [0, 0.05) is 6.42 Å². The maximum Gasteiger partial charge on any atom is 0.268 e. The van der Waals surface area contributed by atoms with Crippen LogP contribution in [0.3, 0.4) is 0 Å². The summed E-state index contributed by atoms with van der Waals surface area (Å²) in [6.07, 6.45) is 76.1. The molecular weight excluding hydrogens is 936 g/mol. The Labute approximate surface area is 460 Å². The Hall–Kier alpha value is -1.80. The topological polar surface area (TPSA) is 108 Å². The van der Waals surface area contributed by atoms with Crippen LogP contribution in [0.5, 0.6) is 0 Å². The second-order valence-electron chi connectivity index (χ2n) is 22.7. The Morgan fingerprint density at radius 1 is 0.486 bits per heavy atom. The smallest absolute Gasteiger partial charge is 0.268 e. The molecule has 9 heteroatoms. The molecule has 0 aliphatic carbocycles. The highest BCUT2D eigenvalue weighted by atomic mass is 31.2. The number of hydrogen-bond acceptors (Lipinski definition) is 6. The number of nitrogens with zero attached hydrogens (tertiary/aromatic N) is 1. The van der Waals surface area contributed by atoms with E-state index in [0.717, 1.165) is 64.2 Å². The van der Waals surface area contributed by atoms with E-state index < -0.39 is 20.0 Å². The summed E-state index contributed by atoms with van der Waals surface area (Å²) in [5, 5.41) is 13.9. The number of phosphoric acid groups is 1. The van der Waals surface area contributed by atoms with Crippen molar-refractivity contribution < 1.29 is 32.9 Å². The van der Waals surface area contributed by atoms with Crippen LogP contribution in [0.1, 0.15) is 296 Å². The predicted octanol–water partition coefficient (Wildman–Crippen LogP) is 19.0. The predicted molar refractivity (Wildman–Crippen MR) is 321 cm³/mol. The molecule has 0 aromatic carbocycles. The van der Waals surface area contributed by atoms with Crippen molar-refractivity contribution in [2.75, 3.05) is 40.9 Å². The Morgan fingerprint density at radius 3 is 1.20 bits per heavy atom. The zero-order valence-corrected chi connectivity index (χ0v) is 50.4. The van der Waals surface area contributed by atoms with Gasteiger partial charge in [0.1, 0.15) is 13.2 Å². The quantitative estimate of drug-likeness (QED) is 0.0272. The standard InChI is InChI=1S/C65H123N2O6P/c1-6-8-10-12-14-16-18-20-22-23-24-25-26-27-28-29-30-31-32-33-34-35-36-37-38-39-40-41-42-43-45-47-49-51-53-55-57-59-65(69)66-63(62-73-74(70,71)72-61-60-67(3,4)5)64(68)58-56-54-52-50-48-46-44-21-19-17-15-13-11-9-7-2/h8,10,14,16,20,22,24-25,56,58,63-64,68H,6-7,9,11-13,15,17-19,21,23,26-55,57,59-62H2,1-5H3,(H-,66,69,70,71)/b10-8-,16-14-,22-20-,25-24-,58-56+. The summed E-state index contributed by atoms with van der Waals surface area (Å²) in [7, 11) is 1.27. The monoisotopic (exact) mass is 1060 g/mol. The molecule has 0 bridgehead atoms. The van der Waals surface area contributed by atoms with Crippen molar-refractivity contribution >= 4 is 13.7 Å². The minimum Gasteiger partial charge on any atom is -0.756 e. The molecule has 74 heavy (non-hydrogen) atoms. The maximum atomic E-state index is 13.0. The number of quaternary nitrogens is 1. The molecule has 0 aromatic heterocycles. The van der Waals surface area contributed by atoms with E-state index in [1.54, 1.807) is 6.08 Å². The Balaban J connectivity index is 3.94. The average molecular weight is 1060 g/mol. The normalized spacial score (nSPS) is 14.2. The zero-order chi connectivity index (χ0) is 54.2. The number of rotatable bonds is 58. The molecule has 1 amide bonds. The molecule has 0 saturated heterocycles. The van der Waals surface area contributed by atoms with Crippen LogP contribution in [0.15, 0.2) is 60.8 Å². The molecule has 0 radical (unpaired) electrons. The van der Waals surface area contributed by atoms with E-state index in [9.17, 15) is 19.4 Å². The van der Waals surface area contributed by atoms with Crippen molar-refractivity contribution in [3.05, 3.63) is 60.8 Å². The van der Waals surface area contributed by atoms with E-state index in [1.807, 2.05) is 27.2 Å². The van der Waals surface area contributed by atoms with Gasteiger partial charge in [0.05, 0.1) is 39.9 Å². The first kappa shape index (κ1) is 72.2. The lowest BCUT2D eigenvalue weighted by atomic mass is 10.0. The van der Waals surface area contributed by atoms with Crippen LogP contribution in [0.4, 0.5) is 0 Å². The van der Waals surface area contributed by atoms with Crippen LogP contribution in [0.2, 0.25) is 0 Å². The van der Waals surface area contributed by atoms with E-state index in [-0.39, 0.29) is 19.1 Å². The van der Waals surface area contributed by atoms with Crippen molar-refractivity contribution in [3.8, 4) is 0 Å². The van der Waals surface area contributed by atoms with Gasteiger partial charge in [0.15, 0.2) is 0 Å². The van der Waals surface area contributed by atoms with Crippen LogP contribution < -0.4 is 10.2 Å². The molecule has 0 aliphatic rings. The van der Waals surface area contributed by atoms with E-state index in [4.69, 9.17) is 9.05 Å². The molecule has 0 aliphatic heterocycles. The fourth-order valence-corrected chi connectivity index (χ4v) is 10.0. The van der Waals surface area contributed by atoms with Crippen LogP contribution in [0, 0.1) is 0 Å².